The molecule has 7 heteroatoms. The van der Waals surface area contributed by atoms with Gasteiger partial charge in [-0.2, -0.15) is 0 Å². The highest BCUT2D eigenvalue weighted by molar-refractivity contribution is 7.84. The lowest BCUT2D eigenvalue weighted by atomic mass is 9.74. The molecule has 21 heavy (non-hydrogen) atoms. The molecule has 0 unspecified atom stereocenters. The van der Waals surface area contributed by atoms with Gasteiger partial charge < -0.3 is 5.32 Å². The predicted molar refractivity (Wildman–Crippen MR) is 89.1 cm³/mol. The van der Waals surface area contributed by atoms with Gasteiger partial charge >= 0.3 is 0 Å². The maximum absolute atomic E-state index is 12.6. The van der Waals surface area contributed by atoms with E-state index in [1.807, 2.05) is 20.8 Å². The van der Waals surface area contributed by atoms with E-state index in [9.17, 15) is 4.21 Å². The molecule has 2 heterocycles. The van der Waals surface area contributed by atoms with Crippen LogP contribution in [0.3, 0.4) is 0 Å². The summed E-state index contributed by atoms with van der Waals surface area (Å²) in [7, 11) is -1.09. The van der Waals surface area contributed by atoms with E-state index in [-0.39, 0.29) is 16.2 Å². The third-order valence-electron chi connectivity index (χ3n) is 4.48. The van der Waals surface area contributed by atoms with Crippen molar-refractivity contribution in [1.29, 1.82) is 0 Å². The van der Waals surface area contributed by atoms with Crippen LogP contribution < -0.4 is 10.0 Å². The largest absolute Gasteiger partial charge is 0.317 e. The van der Waals surface area contributed by atoms with Crippen molar-refractivity contribution in [2.45, 2.75) is 50.8 Å². The smallest absolute Gasteiger partial charge is 0.184 e. The van der Waals surface area contributed by atoms with Crippen LogP contribution in [0.5, 0.6) is 0 Å². The number of nitrogens with one attached hydrogen (secondary N) is 2. The van der Waals surface area contributed by atoms with E-state index in [0.29, 0.717) is 4.47 Å². The summed E-state index contributed by atoms with van der Waals surface area (Å²) in [6.45, 7) is 8.04. The number of piperidine rings is 1. The number of aromatic nitrogens is 1. The Bertz CT molecular complexity index is 561. The van der Waals surface area contributed by atoms with Crippen molar-refractivity contribution >= 4 is 33.9 Å². The lowest BCUT2D eigenvalue weighted by Gasteiger charge is -2.40. The summed E-state index contributed by atoms with van der Waals surface area (Å²) in [5.41, 5.74) is 1.25. The lowest BCUT2D eigenvalue weighted by molar-refractivity contribution is 0.165. The summed E-state index contributed by atoms with van der Waals surface area (Å²) in [6, 6.07) is 0.111. The van der Waals surface area contributed by atoms with Gasteiger partial charge in [0.25, 0.3) is 0 Å². The molecule has 3 rings (SSSR count). The molecular weight excluding hydrogens is 326 g/mol. The number of nitrogens with zero attached hydrogens (tertiary/aromatic N) is 1. The Morgan fingerprint density at radius 1 is 1.43 bits per heavy atom. The summed E-state index contributed by atoms with van der Waals surface area (Å²) >= 11 is 7.63. The first-order valence-electron chi connectivity index (χ1n) is 7.36. The van der Waals surface area contributed by atoms with Gasteiger partial charge in [0.15, 0.2) is 4.47 Å². The molecule has 1 aliphatic heterocycles. The van der Waals surface area contributed by atoms with E-state index in [1.54, 1.807) is 11.3 Å². The van der Waals surface area contributed by atoms with Gasteiger partial charge in [-0.1, -0.05) is 11.6 Å². The van der Waals surface area contributed by atoms with E-state index in [4.69, 9.17) is 11.6 Å². The van der Waals surface area contributed by atoms with Crippen molar-refractivity contribution in [3.8, 4) is 0 Å². The van der Waals surface area contributed by atoms with Crippen molar-refractivity contribution in [2.75, 3.05) is 13.1 Å². The topological polar surface area (TPSA) is 54.0 Å². The number of rotatable bonds is 2. The molecule has 1 saturated heterocycles. The Hall–Kier alpha value is -0.0100. The highest BCUT2D eigenvalue weighted by Gasteiger charge is 2.49. The molecule has 1 fully saturated rings. The zero-order valence-electron chi connectivity index (χ0n) is 12.7. The molecule has 2 atom stereocenters. The van der Waals surface area contributed by atoms with Gasteiger partial charge in [0, 0.05) is 4.88 Å². The number of hydrogen-bond acceptors (Lipinski definition) is 4. The van der Waals surface area contributed by atoms with Crippen LogP contribution in [-0.4, -0.2) is 27.0 Å². The third-order valence-corrected chi connectivity index (χ3v) is 7.31. The van der Waals surface area contributed by atoms with Gasteiger partial charge in [-0.3, -0.25) is 0 Å². The first kappa shape index (κ1) is 15.9. The van der Waals surface area contributed by atoms with Crippen LogP contribution >= 0.6 is 22.9 Å². The lowest BCUT2D eigenvalue weighted by Crippen LogP contribution is -2.46. The minimum atomic E-state index is -1.09. The first-order valence-corrected chi connectivity index (χ1v) is 9.70. The molecule has 2 N–H and O–H groups in total. The second-order valence-corrected chi connectivity index (χ2v) is 10.6. The monoisotopic (exact) mass is 347 g/mol. The molecular formula is C14H22ClN3OS2. The molecule has 1 aromatic rings. The normalized spacial score (nSPS) is 26.0. The van der Waals surface area contributed by atoms with E-state index in [0.717, 1.165) is 38.0 Å². The first-order chi connectivity index (χ1) is 9.82. The number of fused-ring (bicyclic) bond motifs is 1. The van der Waals surface area contributed by atoms with Gasteiger partial charge in [-0.05, 0) is 58.5 Å². The van der Waals surface area contributed by atoms with Gasteiger partial charge in [0.05, 0.1) is 27.5 Å². The summed E-state index contributed by atoms with van der Waals surface area (Å²) in [4.78, 5) is 5.68. The molecule has 0 amide bonds. The average Bonchev–Trinajstić information content (AvgIpc) is 2.86. The second-order valence-electron chi connectivity index (χ2n) is 7.00. The Balaban J connectivity index is 1.92. The molecule has 0 aromatic carbocycles. The fourth-order valence-electron chi connectivity index (χ4n) is 3.25. The zero-order valence-corrected chi connectivity index (χ0v) is 15.1. The van der Waals surface area contributed by atoms with Crippen LogP contribution in [-0.2, 0) is 17.4 Å². The zero-order chi connectivity index (χ0) is 15.3. The molecule has 1 aliphatic carbocycles. The molecule has 2 aliphatic rings. The van der Waals surface area contributed by atoms with E-state index < -0.39 is 11.0 Å². The summed E-state index contributed by atoms with van der Waals surface area (Å²) in [5.74, 6) is 0. The van der Waals surface area contributed by atoms with Gasteiger partial charge in [0.2, 0.25) is 0 Å². The number of hydrogen-bond donors (Lipinski definition) is 2. The van der Waals surface area contributed by atoms with E-state index in [1.165, 1.54) is 4.88 Å². The second kappa shape index (κ2) is 5.57. The minimum absolute atomic E-state index is 0.111. The van der Waals surface area contributed by atoms with Crippen LogP contribution in [0, 0.1) is 5.41 Å². The van der Waals surface area contributed by atoms with Crippen molar-refractivity contribution in [1.82, 2.24) is 15.0 Å². The Labute approximate surface area is 137 Å². The summed E-state index contributed by atoms with van der Waals surface area (Å²) < 4.78 is 16.3. The maximum Gasteiger partial charge on any atom is 0.184 e. The van der Waals surface area contributed by atoms with E-state index >= 15 is 0 Å². The fourth-order valence-corrected chi connectivity index (χ4v) is 5.61. The highest BCUT2D eigenvalue weighted by Crippen LogP contribution is 2.53. The maximum atomic E-state index is 12.6. The van der Waals surface area contributed by atoms with Crippen LogP contribution in [0.2, 0.25) is 4.47 Å². The standard InChI is InChI=1S/C14H22ClN3OS2/c1-13(2,3)21(19)18-11-10-9(17-12(15)20-10)8-14(11)4-6-16-7-5-14/h11,16,18H,4-8H2,1-3H3/t11-,21-/m1/s1. The fraction of sp³-hybridized carbons (Fsp3) is 0.786. The summed E-state index contributed by atoms with van der Waals surface area (Å²) in [5, 5.41) is 3.42. The molecule has 0 bridgehead atoms. The Kier molecular flexibility index (Phi) is 4.21. The third kappa shape index (κ3) is 2.93. The molecule has 1 spiro atoms. The van der Waals surface area contributed by atoms with Gasteiger partial charge in [-0.15, -0.1) is 11.3 Å². The van der Waals surface area contributed by atoms with Crippen LogP contribution in [0.25, 0.3) is 0 Å². The highest BCUT2D eigenvalue weighted by atomic mass is 35.5. The average molecular weight is 348 g/mol. The van der Waals surface area contributed by atoms with Crippen molar-refractivity contribution in [3.63, 3.8) is 0 Å². The molecule has 1 aromatic heterocycles. The molecule has 0 saturated carbocycles. The molecule has 4 nitrogen and oxygen atoms in total. The van der Waals surface area contributed by atoms with Gasteiger partial charge in [0.1, 0.15) is 0 Å². The summed E-state index contributed by atoms with van der Waals surface area (Å²) in [6.07, 6.45) is 3.13. The molecule has 118 valence electrons. The Morgan fingerprint density at radius 2 is 2.10 bits per heavy atom. The molecule has 0 radical (unpaired) electrons. The Morgan fingerprint density at radius 3 is 2.71 bits per heavy atom. The SMILES string of the molecule is CC(C)(C)[S@@](=O)N[C@@H]1c2sc(Cl)nc2CC12CCNCC2. The van der Waals surface area contributed by atoms with Crippen LogP contribution in [0.15, 0.2) is 0 Å². The van der Waals surface area contributed by atoms with Crippen molar-refractivity contribution < 1.29 is 4.21 Å². The van der Waals surface area contributed by atoms with Crippen LogP contribution in [0.4, 0.5) is 0 Å². The van der Waals surface area contributed by atoms with Crippen molar-refractivity contribution in [2.24, 2.45) is 5.41 Å². The van der Waals surface area contributed by atoms with Crippen molar-refractivity contribution in [3.05, 3.63) is 15.0 Å². The number of halogens is 1. The number of thiazole rings is 1. The van der Waals surface area contributed by atoms with E-state index in [2.05, 4.69) is 15.0 Å². The van der Waals surface area contributed by atoms with Crippen LogP contribution in [0.1, 0.15) is 50.2 Å². The quantitative estimate of drug-likeness (QED) is 0.865. The van der Waals surface area contributed by atoms with Gasteiger partial charge in [-0.25, -0.2) is 13.9 Å². The predicted octanol–water partition coefficient (Wildman–Crippen LogP) is 2.82. The minimum Gasteiger partial charge on any atom is -0.317 e.